The van der Waals surface area contributed by atoms with Crippen molar-refractivity contribution < 1.29 is 4.79 Å². The van der Waals surface area contributed by atoms with Crippen molar-refractivity contribution in [2.75, 3.05) is 31.2 Å². The third-order valence-electron chi connectivity index (χ3n) is 3.50. The molecule has 0 aliphatic carbocycles. The molecule has 0 amide bonds. The summed E-state index contributed by atoms with van der Waals surface area (Å²) in [4.78, 5) is 19.5. The Labute approximate surface area is 133 Å². The number of anilines is 2. The van der Waals surface area contributed by atoms with Crippen molar-refractivity contribution >= 4 is 28.1 Å². The van der Waals surface area contributed by atoms with Crippen LogP contribution in [0.15, 0.2) is 42.1 Å². The monoisotopic (exact) mass is 314 g/mol. The van der Waals surface area contributed by atoms with Crippen LogP contribution in [0.5, 0.6) is 0 Å². The molecule has 0 spiro atoms. The van der Waals surface area contributed by atoms with Crippen LogP contribution in [0.25, 0.3) is 0 Å². The Bertz CT molecular complexity index is 708. The fourth-order valence-corrected chi connectivity index (χ4v) is 3.27. The van der Waals surface area contributed by atoms with Crippen LogP contribution in [-0.4, -0.2) is 35.8 Å². The molecule has 6 heteroatoms. The number of nitrogens with one attached hydrogen (secondary N) is 1. The standard InChI is InChI=1S/C16H18N4OS/c1-20-9-5-8-12(10-20)18-16-19-15(17)14(22-16)13(21)11-6-3-2-4-7-11/h2-4,6-8H,5,9-10,17H2,1H3,(H,18,19). The topological polar surface area (TPSA) is 71.2 Å². The zero-order valence-corrected chi connectivity index (χ0v) is 13.2. The van der Waals surface area contributed by atoms with E-state index >= 15 is 0 Å². The van der Waals surface area contributed by atoms with Gasteiger partial charge in [-0.1, -0.05) is 47.7 Å². The Kier molecular flexibility index (Phi) is 4.22. The molecule has 0 atom stereocenters. The number of rotatable bonds is 4. The first kappa shape index (κ1) is 14.7. The molecule has 1 aliphatic rings. The van der Waals surface area contributed by atoms with Gasteiger partial charge in [-0.2, -0.15) is 0 Å². The molecule has 114 valence electrons. The van der Waals surface area contributed by atoms with Gasteiger partial charge in [-0.25, -0.2) is 4.98 Å². The van der Waals surface area contributed by atoms with E-state index in [1.54, 1.807) is 12.1 Å². The molecular weight excluding hydrogens is 296 g/mol. The molecule has 2 aromatic rings. The predicted octanol–water partition coefficient (Wildman–Crippen LogP) is 2.59. The van der Waals surface area contributed by atoms with E-state index in [9.17, 15) is 4.79 Å². The van der Waals surface area contributed by atoms with E-state index in [2.05, 4.69) is 28.3 Å². The molecular formula is C16H18N4OS. The number of nitrogens with zero attached hydrogens (tertiary/aromatic N) is 2. The highest BCUT2D eigenvalue weighted by atomic mass is 32.1. The van der Waals surface area contributed by atoms with Crippen molar-refractivity contribution in [2.45, 2.75) is 6.42 Å². The van der Waals surface area contributed by atoms with Crippen molar-refractivity contribution in [1.82, 2.24) is 9.88 Å². The van der Waals surface area contributed by atoms with Gasteiger partial charge in [-0.3, -0.25) is 4.79 Å². The normalized spacial score (nSPS) is 15.4. The van der Waals surface area contributed by atoms with Crippen molar-refractivity contribution in [2.24, 2.45) is 0 Å². The minimum Gasteiger partial charge on any atom is -0.382 e. The number of hydrogen-bond donors (Lipinski definition) is 2. The number of ketones is 1. The molecule has 22 heavy (non-hydrogen) atoms. The summed E-state index contributed by atoms with van der Waals surface area (Å²) in [6.45, 7) is 1.91. The van der Waals surface area contributed by atoms with Gasteiger partial charge in [-0.15, -0.1) is 0 Å². The van der Waals surface area contributed by atoms with Gasteiger partial charge in [0.25, 0.3) is 0 Å². The van der Waals surface area contributed by atoms with Gasteiger partial charge < -0.3 is 16.0 Å². The lowest BCUT2D eigenvalue weighted by Crippen LogP contribution is -2.28. The predicted molar refractivity (Wildman–Crippen MR) is 90.2 cm³/mol. The number of carbonyl (C=O) groups is 1. The molecule has 3 rings (SSSR count). The van der Waals surface area contributed by atoms with Gasteiger partial charge >= 0.3 is 0 Å². The minimum atomic E-state index is -0.0848. The quantitative estimate of drug-likeness (QED) is 0.849. The fourth-order valence-electron chi connectivity index (χ4n) is 2.39. The van der Waals surface area contributed by atoms with E-state index in [4.69, 9.17) is 5.73 Å². The highest BCUT2D eigenvalue weighted by Crippen LogP contribution is 2.28. The van der Waals surface area contributed by atoms with Crippen LogP contribution in [0.4, 0.5) is 10.9 Å². The molecule has 0 saturated carbocycles. The second kappa shape index (κ2) is 6.29. The molecule has 1 aliphatic heterocycles. The van der Waals surface area contributed by atoms with Gasteiger partial charge in [-0.05, 0) is 13.5 Å². The van der Waals surface area contributed by atoms with E-state index in [-0.39, 0.29) is 11.6 Å². The van der Waals surface area contributed by atoms with Crippen LogP contribution in [0.2, 0.25) is 0 Å². The van der Waals surface area contributed by atoms with Crippen LogP contribution < -0.4 is 11.1 Å². The van der Waals surface area contributed by atoms with Crippen LogP contribution in [0, 0.1) is 0 Å². The summed E-state index contributed by atoms with van der Waals surface area (Å²) in [5.41, 5.74) is 7.64. The van der Waals surface area contributed by atoms with Gasteiger partial charge in [0.15, 0.2) is 5.13 Å². The van der Waals surface area contributed by atoms with Gasteiger partial charge in [0, 0.05) is 24.4 Å². The molecule has 0 radical (unpaired) electrons. The summed E-state index contributed by atoms with van der Waals surface area (Å²) in [6, 6.07) is 9.13. The molecule has 2 heterocycles. The molecule has 3 N–H and O–H groups in total. The smallest absolute Gasteiger partial charge is 0.206 e. The summed E-state index contributed by atoms with van der Waals surface area (Å²) in [6.07, 6.45) is 3.17. The van der Waals surface area contributed by atoms with Crippen LogP contribution in [0.1, 0.15) is 21.7 Å². The lowest BCUT2D eigenvalue weighted by Gasteiger charge is -2.22. The van der Waals surface area contributed by atoms with Crippen molar-refractivity contribution in [3.63, 3.8) is 0 Å². The number of benzene rings is 1. The Morgan fingerprint density at radius 2 is 2.14 bits per heavy atom. The molecule has 1 aromatic carbocycles. The summed E-state index contributed by atoms with van der Waals surface area (Å²) >= 11 is 1.30. The zero-order valence-electron chi connectivity index (χ0n) is 12.4. The summed E-state index contributed by atoms with van der Waals surface area (Å²) < 4.78 is 0. The first-order valence-electron chi connectivity index (χ1n) is 7.14. The second-order valence-corrected chi connectivity index (χ2v) is 6.31. The maximum Gasteiger partial charge on any atom is 0.206 e. The van der Waals surface area contributed by atoms with Crippen molar-refractivity contribution in [3.05, 3.63) is 52.5 Å². The number of likely N-dealkylation sites (N-methyl/N-ethyl adjacent to an activating group) is 1. The number of carbonyl (C=O) groups excluding carboxylic acids is 1. The number of aromatic nitrogens is 1. The third-order valence-corrected chi connectivity index (χ3v) is 4.49. The molecule has 0 unspecified atom stereocenters. The fraction of sp³-hybridized carbons (Fsp3) is 0.250. The number of thiazole rings is 1. The number of nitrogens with two attached hydrogens (primary N) is 1. The second-order valence-electron chi connectivity index (χ2n) is 5.31. The molecule has 1 aromatic heterocycles. The van der Waals surface area contributed by atoms with E-state index in [1.807, 2.05) is 18.2 Å². The Morgan fingerprint density at radius 1 is 1.36 bits per heavy atom. The van der Waals surface area contributed by atoms with Crippen LogP contribution in [-0.2, 0) is 0 Å². The van der Waals surface area contributed by atoms with Gasteiger partial charge in [0.2, 0.25) is 5.78 Å². The van der Waals surface area contributed by atoms with Crippen molar-refractivity contribution in [1.29, 1.82) is 0 Å². The number of hydrogen-bond acceptors (Lipinski definition) is 6. The lowest BCUT2D eigenvalue weighted by molar-refractivity contribution is 0.104. The van der Waals surface area contributed by atoms with E-state index in [1.165, 1.54) is 11.3 Å². The summed E-state index contributed by atoms with van der Waals surface area (Å²) in [5, 5.41) is 3.94. The largest absolute Gasteiger partial charge is 0.382 e. The molecule has 0 fully saturated rings. The van der Waals surface area contributed by atoms with E-state index < -0.39 is 0 Å². The molecule has 5 nitrogen and oxygen atoms in total. The number of nitrogen functional groups attached to an aromatic ring is 1. The molecule has 0 bridgehead atoms. The lowest BCUT2D eigenvalue weighted by atomic mass is 10.1. The average Bonchev–Trinajstić information content (AvgIpc) is 2.88. The van der Waals surface area contributed by atoms with Crippen molar-refractivity contribution in [3.8, 4) is 0 Å². The molecule has 0 saturated heterocycles. The van der Waals surface area contributed by atoms with Crippen LogP contribution in [0.3, 0.4) is 0 Å². The average molecular weight is 314 g/mol. The maximum atomic E-state index is 12.5. The highest BCUT2D eigenvalue weighted by Gasteiger charge is 2.18. The SMILES string of the molecule is CN1CCC=C(Nc2nc(N)c(C(=O)c3ccccc3)s2)C1. The zero-order chi connectivity index (χ0) is 15.5. The summed E-state index contributed by atoms with van der Waals surface area (Å²) in [7, 11) is 2.08. The first-order chi connectivity index (χ1) is 10.6. The Balaban J connectivity index is 1.79. The van der Waals surface area contributed by atoms with Gasteiger partial charge in [0.1, 0.15) is 10.7 Å². The summed E-state index contributed by atoms with van der Waals surface area (Å²) in [5.74, 6) is 0.199. The Morgan fingerprint density at radius 3 is 2.86 bits per heavy atom. The maximum absolute atomic E-state index is 12.5. The first-order valence-corrected chi connectivity index (χ1v) is 7.96. The van der Waals surface area contributed by atoms with E-state index in [0.717, 1.165) is 25.2 Å². The Hall–Kier alpha value is -2.18. The minimum absolute atomic E-state index is 0.0848. The third kappa shape index (κ3) is 3.18. The van der Waals surface area contributed by atoms with Crippen LogP contribution >= 0.6 is 11.3 Å². The van der Waals surface area contributed by atoms with E-state index in [0.29, 0.717) is 15.6 Å². The highest BCUT2D eigenvalue weighted by molar-refractivity contribution is 7.18. The van der Waals surface area contributed by atoms with Gasteiger partial charge in [0.05, 0.1) is 0 Å².